The zero-order chi connectivity index (χ0) is 14.5. The minimum atomic E-state index is -0.0723. The van der Waals surface area contributed by atoms with Gasteiger partial charge in [-0.05, 0) is 41.8 Å². The van der Waals surface area contributed by atoms with Crippen molar-refractivity contribution in [2.75, 3.05) is 0 Å². The summed E-state index contributed by atoms with van der Waals surface area (Å²) in [5, 5.41) is 2.92. The predicted octanol–water partition coefficient (Wildman–Crippen LogP) is 4.43. The summed E-state index contributed by atoms with van der Waals surface area (Å²) in [4.78, 5) is 12.1. The number of carbonyl (C=O) groups is 1. The van der Waals surface area contributed by atoms with Crippen LogP contribution in [0.3, 0.4) is 0 Å². The molecule has 104 valence electrons. The van der Waals surface area contributed by atoms with Crippen LogP contribution >= 0.6 is 27.5 Å². The van der Waals surface area contributed by atoms with Crippen LogP contribution in [0.15, 0.2) is 46.9 Å². The van der Waals surface area contributed by atoms with Crippen molar-refractivity contribution >= 4 is 33.4 Å². The first-order chi connectivity index (χ1) is 9.60. The van der Waals surface area contributed by atoms with Gasteiger partial charge in [0, 0.05) is 22.5 Å². The van der Waals surface area contributed by atoms with E-state index in [-0.39, 0.29) is 5.91 Å². The summed E-state index contributed by atoms with van der Waals surface area (Å²) in [5.41, 5.74) is 3.81. The maximum Gasteiger partial charge on any atom is 0.251 e. The third-order valence-electron chi connectivity index (χ3n) is 3.02. The molecule has 0 unspecified atom stereocenters. The Kier molecular flexibility index (Phi) is 5.21. The molecule has 0 spiro atoms. The standard InChI is InChI=1S/C16H15BrClNO/c1-11-7-14(5-6-15(11)17)16(20)19-10-13-4-2-3-12(8-13)9-18/h2-8H,9-10H2,1H3,(H,19,20). The molecule has 20 heavy (non-hydrogen) atoms. The second kappa shape index (κ2) is 6.91. The molecule has 0 heterocycles. The van der Waals surface area contributed by atoms with Crippen molar-refractivity contribution in [2.45, 2.75) is 19.3 Å². The van der Waals surface area contributed by atoms with Crippen LogP contribution in [0, 0.1) is 6.92 Å². The van der Waals surface area contributed by atoms with Gasteiger partial charge in [0.2, 0.25) is 0 Å². The Balaban J connectivity index is 2.02. The predicted molar refractivity (Wildman–Crippen MR) is 86.0 cm³/mol. The third kappa shape index (κ3) is 3.84. The van der Waals surface area contributed by atoms with E-state index in [4.69, 9.17) is 11.6 Å². The van der Waals surface area contributed by atoms with Gasteiger partial charge in [-0.3, -0.25) is 4.79 Å². The number of rotatable bonds is 4. The van der Waals surface area contributed by atoms with Crippen molar-refractivity contribution in [1.29, 1.82) is 0 Å². The molecule has 2 nitrogen and oxygen atoms in total. The highest BCUT2D eigenvalue weighted by atomic mass is 79.9. The van der Waals surface area contributed by atoms with E-state index in [9.17, 15) is 4.79 Å². The Morgan fingerprint density at radius 2 is 1.95 bits per heavy atom. The molecule has 0 saturated heterocycles. The second-order valence-electron chi connectivity index (χ2n) is 4.60. The summed E-state index contributed by atoms with van der Waals surface area (Å²) in [6.07, 6.45) is 0. The summed E-state index contributed by atoms with van der Waals surface area (Å²) in [6, 6.07) is 13.5. The smallest absolute Gasteiger partial charge is 0.251 e. The van der Waals surface area contributed by atoms with Crippen LogP contribution < -0.4 is 5.32 Å². The molecule has 0 radical (unpaired) electrons. The summed E-state index contributed by atoms with van der Waals surface area (Å²) in [5.74, 6) is 0.408. The summed E-state index contributed by atoms with van der Waals surface area (Å²) >= 11 is 9.22. The first-order valence-electron chi connectivity index (χ1n) is 6.28. The van der Waals surface area contributed by atoms with Crippen LogP contribution in [0.5, 0.6) is 0 Å². The minimum Gasteiger partial charge on any atom is -0.348 e. The van der Waals surface area contributed by atoms with Crippen LogP contribution in [-0.2, 0) is 12.4 Å². The monoisotopic (exact) mass is 351 g/mol. The molecule has 1 N–H and O–H groups in total. The lowest BCUT2D eigenvalue weighted by Crippen LogP contribution is -2.22. The zero-order valence-corrected chi connectivity index (χ0v) is 13.5. The summed E-state index contributed by atoms with van der Waals surface area (Å²) in [7, 11) is 0. The lowest BCUT2D eigenvalue weighted by atomic mass is 10.1. The number of nitrogens with one attached hydrogen (secondary N) is 1. The van der Waals surface area contributed by atoms with E-state index in [1.165, 1.54) is 0 Å². The molecule has 2 aromatic carbocycles. The number of benzene rings is 2. The molecule has 0 bridgehead atoms. The molecular formula is C16H15BrClNO. The lowest BCUT2D eigenvalue weighted by molar-refractivity contribution is 0.0951. The van der Waals surface area contributed by atoms with Crippen LogP contribution in [0.1, 0.15) is 27.0 Å². The van der Waals surface area contributed by atoms with Crippen LogP contribution in [-0.4, -0.2) is 5.91 Å². The van der Waals surface area contributed by atoms with Gasteiger partial charge < -0.3 is 5.32 Å². The molecule has 2 aromatic rings. The van der Waals surface area contributed by atoms with Crippen molar-refractivity contribution in [1.82, 2.24) is 5.32 Å². The van der Waals surface area contributed by atoms with Crippen molar-refractivity contribution in [2.24, 2.45) is 0 Å². The van der Waals surface area contributed by atoms with Crippen molar-refractivity contribution in [3.63, 3.8) is 0 Å². The molecule has 1 amide bonds. The van der Waals surface area contributed by atoms with E-state index in [1.54, 1.807) is 0 Å². The average Bonchev–Trinajstić information content (AvgIpc) is 2.47. The Labute approximate surface area is 132 Å². The zero-order valence-electron chi connectivity index (χ0n) is 11.1. The Hall–Kier alpha value is -1.32. The average molecular weight is 353 g/mol. The lowest BCUT2D eigenvalue weighted by Gasteiger charge is -2.08. The van der Waals surface area contributed by atoms with Gasteiger partial charge >= 0.3 is 0 Å². The Morgan fingerprint density at radius 1 is 1.20 bits per heavy atom. The third-order valence-corrected chi connectivity index (χ3v) is 4.22. The van der Waals surface area contributed by atoms with Gasteiger partial charge in [-0.1, -0.05) is 40.2 Å². The van der Waals surface area contributed by atoms with Crippen LogP contribution in [0.25, 0.3) is 0 Å². The first kappa shape index (κ1) is 15.1. The van der Waals surface area contributed by atoms with Crippen LogP contribution in [0.2, 0.25) is 0 Å². The SMILES string of the molecule is Cc1cc(C(=O)NCc2cccc(CCl)c2)ccc1Br. The summed E-state index contributed by atoms with van der Waals surface area (Å²) in [6.45, 7) is 2.46. The maximum atomic E-state index is 12.1. The van der Waals surface area contributed by atoms with Crippen molar-refractivity contribution in [3.05, 3.63) is 69.2 Å². The second-order valence-corrected chi connectivity index (χ2v) is 5.72. The number of halogens is 2. The normalized spacial score (nSPS) is 10.3. The molecule has 0 aliphatic carbocycles. The fourth-order valence-electron chi connectivity index (χ4n) is 1.89. The van der Waals surface area contributed by atoms with Crippen molar-refractivity contribution < 1.29 is 4.79 Å². The largest absolute Gasteiger partial charge is 0.348 e. The fraction of sp³-hybridized carbons (Fsp3) is 0.188. The van der Waals surface area contributed by atoms with E-state index in [1.807, 2.05) is 49.4 Å². The number of aryl methyl sites for hydroxylation is 1. The Morgan fingerprint density at radius 3 is 2.65 bits per heavy atom. The molecular weight excluding hydrogens is 338 g/mol. The van der Waals surface area contributed by atoms with Gasteiger partial charge in [0.15, 0.2) is 0 Å². The van der Waals surface area contributed by atoms with Crippen molar-refractivity contribution in [3.8, 4) is 0 Å². The van der Waals surface area contributed by atoms with Crippen LogP contribution in [0.4, 0.5) is 0 Å². The molecule has 0 aliphatic heterocycles. The molecule has 0 saturated carbocycles. The number of hydrogen-bond acceptors (Lipinski definition) is 1. The quantitative estimate of drug-likeness (QED) is 0.811. The number of alkyl halides is 1. The van der Waals surface area contributed by atoms with Gasteiger partial charge in [0.25, 0.3) is 5.91 Å². The number of amides is 1. The van der Waals surface area contributed by atoms with Gasteiger partial charge in [-0.15, -0.1) is 11.6 Å². The minimum absolute atomic E-state index is 0.0723. The summed E-state index contributed by atoms with van der Waals surface area (Å²) < 4.78 is 1.00. The van der Waals surface area contributed by atoms with Gasteiger partial charge in [-0.25, -0.2) is 0 Å². The van der Waals surface area contributed by atoms with Gasteiger partial charge in [0.05, 0.1) is 0 Å². The Bertz CT molecular complexity index is 628. The van der Waals surface area contributed by atoms with E-state index in [0.717, 1.165) is 21.2 Å². The highest BCUT2D eigenvalue weighted by molar-refractivity contribution is 9.10. The molecule has 4 heteroatoms. The van der Waals surface area contributed by atoms with E-state index < -0.39 is 0 Å². The molecule has 0 aromatic heterocycles. The van der Waals surface area contributed by atoms with Gasteiger partial charge in [0.1, 0.15) is 0 Å². The van der Waals surface area contributed by atoms with Gasteiger partial charge in [-0.2, -0.15) is 0 Å². The number of carbonyl (C=O) groups excluding carboxylic acids is 1. The highest BCUT2D eigenvalue weighted by Crippen LogP contribution is 2.17. The molecule has 0 atom stereocenters. The first-order valence-corrected chi connectivity index (χ1v) is 7.61. The fourth-order valence-corrected chi connectivity index (χ4v) is 2.31. The maximum absolute atomic E-state index is 12.1. The molecule has 0 fully saturated rings. The topological polar surface area (TPSA) is 29.1 Å². The van der Waals surface area contributed by atoms with E-state index >= 15 is 0 Å². The van der Waals surface area contributed by atoms with E-state index in [0.29, 0.717) is 18.0 Å². The van der Waals surface area contributed by atoms with E-state index in [2.05, 4.69) is 21.2 Å². The molecule has 0 aliphatic rings. The highest BCUT2D eigenvalue weighted by Gasteiger charge is 2.06. The molecule has 2 rings (SSSR count). The number of hydrogen-bond donors (Lipinski definition) is 1.